The number of hydrogen-bond acceptors (Lipinski definition) is 4. The zero-order valence-corrected chi connectivity index (χ0v) is 13.4. The molecule has 2 rings (SSSR count). The number of carbonyl (C=O) groups excluding carboxylic acids is 1. The summed E-state index contributed by atoms with van der Waals surface area (Å²) in [6.07, 6.45) is 3.55. The van der Waals surface area contributed by atoms with Crippen molar-refractivity contribution in [2.24, 2.45) is 11.3 Å². The van der Waals surface area contributed by atoms with E-state index in [1.165, 1.54) is 13.5 Å². The topological polar surface area (TPSA) is 64.3 Å². The van der Waals surface area contributed by atoms with Crippen molar-refractivity contribution in [3.63, 3.8) is 0 Å². The van der Waals surface area contributed by atoms with Crippen LogP contribution < -0.4 is 11.1 Å². The lowest BCUT2D eigenvalue weighted by atomic mass is 9.70. The number of anilines is 2. The largest absolute Gasteiger partial charge is 0.465 e. The van der Waals surface area contributed by atoms with Crippen molar-refractivity contribution >= 4 is 17.3 Å². The third kappa shape index (κ3) is 3.90. The van der Waals surface area contributed by atoms with Crippen molar-refractivity contribution in [1.29, 1.82) is 0 Å². The van der Waals surface area contributed by atoms with Gasteiger partial charge in [0, 0.05) is 6.04 Å². The molecular formula is C17H26N2O2. The van der Waals surface area contributed by atoms with Crippen LogP contribution in [0.5, 0.6) is 0 Å². The molecule has 0 amide bonds. The number of rotatable bonds is 3. The third-order valence-corrected chi connectivity index (χ3v) is 4.22. The van der Waals surface area contributed by atoms with Crippen LogP contribution in [0.15, 0.2) is 18.2 Å². The Kier molecular flexibility index (Phi) is 4.45. The number of nitrogens with two attached hydrogens (primary N) is 1. The lowest BCUT2D eigenvalue weighted by molar-refractivity contribution is 0.0601. The summed E-state index contributed by atoms with van der Waals surface area (Å²) < 4.78 is 4.71. The van der Waals surface area contributed by atoms with E-state index in [0.717, 1.165) is 18.5 Å². The van der Waals surface area contributed by atoms with Crippen LogP contribution >= 0.6 is 0 Å². The highest BCUT2D eigenvalue weighted by Crippen LogP contribution is 2.40. The maximum Gasteiger partial charge on any atom is 0.337 e. The van der Waals surface area contributed by atoms with Crippen molar-refractivity contribution < 1.29 is 9.53 Å². The molecule has 116 valence electrons. The van der Waals surface area contributed by atoms with Crippen LogP contribution in [0.2, 0.25) is 0 Å². The van der Waals surface area contributed by atoms with Crippen molar-refractivity contribution in [1.82, 2.24) is 0 Å². The number of nitrogen functional groups attached to an aromatic ring is 1. The molecule has 0 aromatic heterocycles. The van der Waals surface area contributed by atoms with Gasteiger partial charge >= 0.3 is 5.97 Å². The van der Waals surface area contributed by atoms with E-state index in [1.807, 2.05) is 6.07 Å². The van der Waals surface area contributed by atoms with E-state index in [0.29, 0.717) is 28.6 Å². The predicted octanol–water partition coefficient (Wildman–Crippen LogP) is 3.68. The number of ether oxygens (including phenoxy) is 1. The van der Waals surface area contributed by atoms with E-state index in [1.54, 1.807) is 12.1 Å². The number of carbonyl (C=O) groups is 1. The molecule has 1 saturated carbocycles. The van der Waals surface area contributed by atoms with E-state index < -0.39 is 0 Å². The third-order valence-electron chi connectivity index (χ3n) is 4.22. The van der Waals surface area contributed by atoms with Gasteiger partial charge in [0.05, 0.1) is 24.0 Å². The van der Waals surface area contributed by atoms with Gasteiger partial charge in [-0.1, -0.05) is 20.8 Å². The molecule has 0 radical (unpaired) electrons. The Labute approximate surface area is 127 Å². The highest BCUT2D eigenvalue weighted by atomic mass is 16.5. The van der Waals surface area contributed by atoms with E-state index >= 15 is 0 Å². The fourth-order valence-corrected chi connectivity index (χ4v) is 3.61. The molecule has 1 aromatic rings. The number of methoxy groups -OCH3 is 1. The zero-order valence-electron chi connectivity index (χ0n) is 13.4. The summed E-state index contributed by atoms with van der Waals surface area (Å²) in [5.41, 5.74) is 8.40. The second-order valence-corrected chi connectivity index (χ2v) is 7.05. The molecule has 1 aromatic carbocycles. The zero-order chi connectivity index (χ0) is 15.6. The molecule has 1 aliphatic rings. The predicted molar refractivity (Wildman–Crippen MR) is 86.4 cm³/mol. The van der Waals surface area contributed by atoms with E-state index in [-0.39, 0.29) is 5.97 Å². The van der Waals surface area contributed by atoms with Crippen molar-refractivity contribution in [2.45, 2.75) is 46.1 Å². The lowest BCUT2D eigenvalue weighted by Crippen LogP contribution is -2.35. The van der Waals surface area contributed by atoms with Gasteiger partial charge in [-0.15, -0.1) is 0 Å². The Hall–Kier alpha value is -1.71. The summed E-state index contributed by atoms with van der Waals surface area (Å²) in [6, 6.07) is 5.72. The maximum absolute atomic E-state index is 11.5. The van der Waals surface area contributed by atoms with Crippen molar-refractivity contribution in [3.05, 3.63) is 23.8 Å². The number of nitrogens with one attached hydrogen (secondary N) is 1. The Morgan fingerprint density at radius 2 is 2.10 bits per heavy atom. The quantitative estimate of drug-likeness (QED) is 0.658. The van der Waals surface area contributed by atoms with Gasteiger partial charge in [-0.25, -0.2) is 4.79 Å². The Morgan fingerprint density at radius 3 is 2.67 bits per heavy atom. The van der Waals surface area contributed by atoms with Crippen LogP contribution in [0.25, 0.3) is 0 Å². The van der Waals surface area contributed by atoms with Gasteiger partial charge in [-0.2, -0.15) is 0 Å². The SMILES string of the molecule is COC(=O)c1ccc(N[C@@H]2CC(C)CC(C)(C)C2)c(N)c1. The van der Waals surface area contributed by atoms with Gasteiger partial charge in [0.1, 0.15) is 0 Å². The number of benzene rings is 1. The second-order valence-electron chi connectivity index (χ2n) is 7.05. The number of hydrogen-bond donors (Lipinski definition) is 2. The van der Waals surface area contributed by atoms with Gasteiger partial charge in [-0.3, -0.25) is 0 Å². The van der Waals surface area contributed by atoms with Gasteiger partial charge in [0.15, 0.2) is 0 Å². The molecule has 4 heteroatoms. The van der Waals surface area contributed by atoms with Crippen LogP contribution in [0.3, 0.4) is 0 Å². The van der Waals surface area contributed by atoms with Crippen LogP contribution in [-0.2, 0) is 4.74 Å². The fraction of sp³-hybridized carbons (Fsp3) is 0.588. The minimum Gasteiger partial charge on any atom is -0.465 e. The average Bonchev–Trinajstić information content (AvgIpc) is 2.37. The first-order valence-corrected chi connectivity index (χ1v) is 7.55. The molecule has 0 saturated heterocycles. The van der Waals surface area contributed by atoms with E-state index in [4.69, 9.17) is 10.5 Å². The summed E-state index contributed by atoms with van der Waals surface area (Å²) in [5.74, 6) is 0.350. The molecule has 1 unspecified atom stereocenters. The highest BCUT2D eigenvalue weighted by molar-refractivity contribution is 5.91. The van der Waals surface area contributed by atoms with Gasteiger partial charge in [0.25, 0.3) is 0 Å². The molecule has 0 bridgehead atoms. The van der Waals surface area contributed by atoms with E-state index in [2.05, 4.69) is 26.1 Å². The van der Waals surface area contributed by atoms with Gasteiger partial charge in [-0.05, 0) is 48.8 Å². The molecule has 1 fully saturated rings. The van der Waals surface area contributed by atoms with Crippen LogP contribution in [0, 0.1) is 11.3 Å². The molecule has 3 N–H and O–H groups in total. The molecule has 0 spiro atoms. The standard InChI is InChI=1S/C17H26N2O2/c1-11-7-13(10-17(2,3)9-11)19-15-6-5-12(8-14(15)18)16(20)21-4/h5-6,8,11,13,19H,7,9-10,18H2,1-4H3/t11?,13-/m1/s1. The molecular weight excluding hydrogens is 264 g/mol. The van der Waals surface area contributed by atoms with E-state index in [9.17, 15) is 4.79 Å². The maximum atomic E-state index is 11.5. The average molecular weight is 290 g/mol. The minimum atomic E-state index is -0.360. The van der Waals surface area contributed by atoms with Gasteiger partial charge < -0.3 is 15.8 Å². The van der Waals surface area contributed by atoms with Crippen LogP contribution in [0.4, 0.5) is 11.4 Å². The first kappa shape index (κ1) is 15.7. The fourth-order valence-electron chi connectivity index (χ4n) is 3.61. The lowest BCUT2D eigenvalue weighted by Gasteiger charge is -2.39. The summed E-state index contributed by atoms with van der Waals surface area (Å²) in [6.45, 7) is 6.95. The molecule has 2 atom stereocenters. The molecule has 4 nitrogen and oxygen atoms in total. The minimum absolute atomic E-state index is 0.357. The summed E-state index contributed by atoms with van der Waals surface area (Å²) in [4.78, 5) is 11.5. The van der Waals surface area contributed by atoms with Crippen LogP contribution in [0.1, 0.15) is 50.4 Å². The Balaban J connectivity index is 2.11. The molecule has 21 heavy (non-hydrogen) atoms. The highest BCUT2D eigenvalue weighted by Gasteiger charge is 2.32. The molecule has 1 aliphatic carbocycles. The first-order valence-electron chi connectivity index (χ1n) is 7.55. The molecule has 0 heterocycles. The number of esters is 1. The van der Waals surface area contributed by atoms with Crippen LogP contribution in [-0.4, -0.2) is 19.1 Å². The first-order chi connectivity index (χ1) is 9.80. The summed E-state index contributed by atoms with van der Waals surface area (Å²) >= 11 is 0. The summed E-state index contributed by atoms with van der Waals surface area (Å²) in [7, 11) is 1.37. The smallest absolute Gasteiger partial charge is 0.337 e. The van der Waals surface area contributed by atoms with Crippen molar-refractivity contribution in [2.75, 3.05) is 18.2 Å². The normalized spacial score (nSPS) is 24.4. The Bertz CT molecular complexity index is 526. The second kappa shape index (κ2) is 5.96. The summed E-state index contributed by atoms with van der Waals surface area (Å²) in [5, 5.41) is 3.54. The Morgan fingerprint density at radius 1 is 1.38 bits per heavy atom. The van der Waals surface area contributed by atoms with Crippen molar-refractivity contribution in [3.8, 4) is 0 Å². The molecule has 0 aliphatic heterocycles. The van der Waals surface area contributed by atoms with Gasteiger partial charge in [0.2, 0.25) is 0 Å². The monoisotopic (exact) mass is 290 g/mol.